The van der Waals surface area contributed by atoms with Crippen LogP contribution in [0, 0.1) is 17.0 Å². The van der Waals surface area contributed by atoms with Crippen LogP contribution in [0.3, 0.4) is 0 Å². The van der Waals surface area contributed by atoms with Gasteiger partial charge in [0.2, 0.25) is 15.9 Å². The second-order valence-corrected chi connectivity index (χ2v) is 9.28. The number of amides is 1. The Morgan fingerprint density at radius 3 is 2.29 bits per heavy atom. The third kappa shape index (κ3) is 5.56. The molecule has 0 saturated heterocycles. The first-order chi connectivity index (χ1) is 16.1. The number of hydrogen-bond donors (Lipinski definition) is 1. The molecule has 1 amide bonds. The minimum atomic E-state index is -3.54. The summed E-state index contributed by atoms with van der Waals surface area (Å²) in [7, 11) is -3.54. The maximum atomic E-state index is 12.6. The lowest BCUT2D eigenvalue weighted by Gasteiger charge is -2.18. The molecule has 0 aliphatic rings. The molecule has 2 aromatic carbocycles. The van der Waals surface area contributed by atoms with E-state index in [1.807, 2.05) is 0 Å². The van der Waals surface area contributed by atoms with Gasteiger partial charge in [0.05, 0.1) is 21.2 Å². The number of anilines is 1. The average Bonchev–Trinajstić information content (AvgIpc) is 3.18. The number of nitro groups is 1. The zero-order valence-corrected chi connectivity index (χ0v) is 19.8. The normalized spacial score (nSPS) is 11.8. The van der Waals surface area contributed by atoms with Gasteiger partial charge in [-0.2, -0.15) is 9.40 Å². The van der Waals surface area contributed by atoms with Crippen LogP contribution in [0.4, 0.5) is 11.5 Å². The zero-order chi connectivity index (χ0) is 24.9. The molecule has 0 fully saturated rings. The summed E-state index contributed by atoms with van der Waals surface area (Å²) in [5.74, 6) is -0.00966. The van der Waals surface area contributed by atoms with Gasteiger partial charge in [-0.25, -0.2) is 13.1 Å². The minimum Gasteiger partial charge on any atom is -0.307 e. The van der Waals surface area contributed by atoms with Crippen molar-refractivity contribution in [2.24, 2.45) is 0 Å². The van der Waals surface area contributed by atoms with Gasteiger partial charge in [0, 0.05) is 37.4 Å². The van der Waals surface area contributed by atoms with Gasteiger partial charge in [0.15, 0.2) is 0 Å². The Morgan fingerprint density at radius 1 is 1.12 bits per heavy atom. The molecule has 34 heavy (non-hydrogen) atoms. The smallest absolute Gasteiger partial charge is 0.269 e. The van der Waals surface area contributed by atoms with E-state index in [1.54, 1.807) is 57.2 Å². The average molecular weight is 484 g/mol. The molecule has 0 saturated carbocycles. The van der Waals surface area contributed by atoms with E-state index in [0.717, 1.165) is 0 Å². The molecule has 3 aromatic rings. The van der Waals surface area contributed by atoms with Crippen molar-refractivity contribution in [2.45, 2.75) is 25.7 Å². The minimum absolute atomic E-state index is 0.0444. The lowest BCUT2D eigenvalue weighted by Crippen LogP contribution is -2.30. The molecule has 10 nitrogen and oxygen atoms in total. The molecule has 0 atom stereocenters. The van der Waals surface area contributed by atoms with E-state index in [9.17, 15) is 23.3 Å². The standard InChI is InChI=1S/C23H25N5O5S/c1-4-26(5-2)34(32,33)21-13-6-18(7-14-21)8-15-23(29)24-22-16-17(3)25-27(22)19-9-11-20(12-10-19)28(30)31/h6-16H,4-5H2,1-3H3,(H,24,29)/b15-8+. The molecule has 1 heterocycles. The van der Waals surface area contributed by atoms with E-state index in [1.165, 1.54) is 39.3 Å². The lowest BCUT2D eigenvalue weighted by molar-refractivity contribution is -0.384. The number of sulfonamides is 1. The number of nitro benzene ring substituents is 1. The number of benzene rings is 2. The topological polar surface area (TPSA) is 127 Å². The first-order valence-corrected chi connectivity index (χ1v) is 12.0. The molecular formula is C23H25N5O5S. The van der Waals surface area contributed by atoms with Crippen LogP contribution in [0.1, 0.15) is 25.1 Å². The highest BCUT2D eigenvalue weighted by atomic mass is 32.2. The van der Waals surface area contributed by atoms with Crippen molar-refractivity contribution >= 4 is 33.5 Å². The largest absolute Gasteiger partial charge is 0.307 e. The van der Waals surface area contributed by atoms with Gasteiger partial charge in [0.1, 0.15) is 5.82 Å². The highest BCUT2D eigenvalue weighted by Crippen LogP contribution is 2.21. The van der Waals surface area contributed by atoms with Crippen molar-refractivity contribution in [1.29, 1.82) is 0 Å². The van der Waals surface area contributed by atoms with Crippen molar-refractivity contribution in [3.05, 3.63) is 82.0 Å². The predicted octanol–water partition coefficient (Wildman–Crippen LogP) is 3.77. The number of hydrogen-bond acceptors (Lipinski definition) is 6. The highest BCUT2D eigenvalue weighted by molar-refractivity contribution is 7.89. The van der Waals surface area contributed by atoms with Crippen molar-refractivity contribution in [1.82, 2.24) is 14.1 Å². The molecule has 11 heteroatoms. The van der Waals surface area contributed by atoms with Crippen LogP contribution >= 0.6 is 0 Å². The molecule has 3 rings (SSSR count). The number of aromatic nitrogens is 2. The van der Waals surface area contributed by atoms with Gasteiger partial charge >= 0.3 is 0 Å². The Balaban J connectivity index is 1.73. The molecule has 1 N–H and O–H groups in total. The van der Waals surface area contributed by atoms with Gasteiger partial charge in [-0.3, -0.25) is 14.9 Å². The van der Waals surface area contributed by atoms with Crippen molar-refractivity contribution in [2.75, 3.05) is 18.4 Å². The maximum Gasteiger partial charge on any atom is 0.269 e. The van der Waals surface area contributed by atoms with Crippen LogP contribution in [0.2, 0.25) is 0 Å². The number of aryl methyl sites for hydroxylation is 1. The molecule has 0 spiro atoms. The first-order valence-electron chi connectivity index (χ1n) is 10.6. The third-order valence-corrected chi connectivity index (χ3v) is 7.10. The van der Waals surface area contributed by atoms with E-state index in [-0.39, 0.29) is 10.6 Å². The second kappa shape index (κ2) is 10.4. The second-order valence-electron chi connectivity index (χ2n) is 7.34. The van der Waals surface area contributed by atoms with Crippen LogP contribution in [0.25, 0.3) is 11.8 Å². The molecule has 0 aliphatic carbocycles. The first kappa shape index (κ1) is 24.8. The summed E-state index contributed by atoms with van der Waals surface area (Å²) in [5, 5.41) is 17.9. The number of carbonyl (C=O) groups excluding carboxylic acids is 1. The van der Waals surface area contributed by atoms with E-state index in [4.69, 9.17) is 0 Å². The predicted molar refractivity (Wildman–Crippen MR) is 129 cm³/mol. The summed E-state index contributed by atoms with van der Waals surface area (Å²) in [6.07, 6.45) is 2.90. The van der Waals surface area contributed by atoms with Crippen LogP contribution in [-0.4, -0.2) is 46.4 Å². The van der Waals surface area contributed by atoms with E-state index in [0.29, 0.717) is 35.9 Å². The summed E-state index contributed by atoms with van der Waals surface area (Å²) in [4.78, 5) is 23.1. The Hall–Kier alpha value is -3.83. The number of non-ortho nitro benzene ring substituents is 1. The number of nitrogens with one attached hydrogen (secondary N) is 1. The SMILES string of the molecule is CCN(CC)S(=O)(=O)c1ccc(/C=C/C(=O)Nc2cc(C)nn2-c2ccc([N+](=O)[O-])cc2)cc1. The van der Waals surface area contributed by atoms with Crippen LogP contribution in [-0.2, 0) is 14.8 Å². The molecule has 178 valence electrons. The number of nitrogens with zero attached hydrogens (tertiary/aromatic N) is 4. The highest BCUT2D eigenvalue weighted by Gasteiger charge is 2.21. The van der Waals surface area contributed by atoms with Gasteiger partial charge in [-0.05, 0) is 42.8 Å². The molecule has 0 bridgehead atoms. The molecule has 1 aromatic heterocycles. The summed E-state index contributed by atoms with van der Waals surface area (Å²) in [6.45, 7) is 6.10. The van der Waals surface area contributed by atoms with E-state index < -0.39 is 20.9 Å². The number of carbonyl (C=O) groups is 1. The number of rotatable bonds is 9. The van der Waals surface area contributed by atoms with Crippen LogP contribution in [0.15, 0.2) is 65.6 Å². The van der Waals surface area contributed by atoms with Gasteiger partial charge in [-0.15, -0.1) is 0 Å². The van der Waals surface area contributed by atoms with E-state index in [2.05, 4.69) is 10.4 Å². The Kier molecular flexibility index (Phi) is 7.59. The van der Waals surface area contributed by atoms with Crippen molar-refractivity contribution in [3.8, 4) is 5.69 Å². The quantitative estimate of drug-likeness (QED) is 0.280. The monoisotopic (exact) mass is 483 g/mol. The summed E-state index contributed by atoms with van der Waals surface area (Å²) in [5.41, 5.74) is 1.83. The van der Waals surface area contributed by atoms with Gasteiger partial charge in [0.25, 0.3) is 5.69 Å². The lowest BCUT2D eigenvalue weighted by atomic mass is 10.2. The van der Waals surface area contributed by atoms with Crippen molar-refractivity contribution in [3.63, 3.8) is 0 Å². The molecule has 0 radical (unpaired) electrons. The summed E-state index contributed by atoms with van der Waals surface area (Å²) < 4.78 is 28.0. The zero-order valence-electron chi connectivity index (χ0n) is 19.0. The Morgan fingerprint density at radius 2 is 1.74 bits per heavy atom. The van der Waals surface area contributed by atoms with E-state index >= 15 is 0 Å². The Labute approximate surface area is 197 Å². The fraction of sp³-hybridized carbons (Fsp3) is 0.217. The van der Waals surface area contributed by atoms with Crippen LogP contribution < -0.4 is 5.32 Å². The third-order valence-electron chi connectivity index (χ3n) is 5.04. The van der Waals surface area contributed by atoms with Crippen LogP contribution in [0.5, 0.6) is 0 Å². The van der Waals surface area contributed by atoms with Gasteiger partial charge < -0.3 is 5.32 Å². The summed E-state index contributed by atoms with van der Waals surface area (Å²) in [6, 6.07) is 13.8. The molecular weight excluding hydrogens is 458 g/mol. The van der Waals surface area contributed by atoms with Gasteiger partial charge in [-0.1, -0.05) is 26.0 Å². The summed E-state index contributed by atoms with van der Waals surface area (Å²) >= 11 is 0. The fourth-order valence-corrected chi connectivity index (χ4v) is 4.76. The Bertz CT molecular complexity index is 1310. The molecule has 0 aliphatic heterocycles. The fourth-order valence-electron chi connectivity index (χ4n) is 3.30. The van der Waals surface area contributed by atoms with Crippen molar-refractivity contribution < 1.29 is 18.1 Å². The maximum absolute atomic E-state index is 12.6. The molecule has 0 unspecified atom stereocenters.